The second-order valence-electron chi connectivity index (χ2n) is 7.55. The van der Waals surface area contributed by atoms with Gasteiger partial charge in [-0.1, -0.05) is 50.2 Å². The first kappa shape index (κ1) is 23.4. The van der Waals surface area contributed by atoms with Crippen molar-refractivity contribution < 1.29 is 33.0 Å². The fourth-order valence-corrected chi connectivity index (χ4v) is 3.09. The monoisotopic (exact) mass is 423 g/mol. The van der Waals surface area contributed by atoms with Crippen LogP contribution in [0, 0.1) is 5.92 Å². The molecule has 8 heteroatoms. The Morgan fingerprint density at radius 2 is 1.33 bits per heavy atom. The summed E-state index contributed by atoms with van der Waals surface area (Å²) in [7, 11) is 0. The van der Waals surface area contributed by atoms with Gasteiger partial charge in [0.05, 0.1) is 5.56 Å². The van der Waals surface area contributed by atoms with E-state index < -0.39 is 35.8 Å². The second kappa shape index (κ2) is 9.75. The molecule has 2 rings (SSSR count). The SMILES string of the molecule is CC(C)C[C@H](NC(Cc1ccc(-c2ccc(C(F)(F)F)cc2)cc1)C(=O)O)C(=O)O. The summed E-state index contributed by atoms with van der Waals surface area (Å²) in [4.78, 5) is 23.0. The fraction of sp³-hybridized carbons (Fsp3) is 0.364. The molecule has 1 unspecified atom stereocenters. The first-order valence-electron chi connectivity index (χ1n) is 9.45. The molecule has 0 aliphatic rings. The quantitative estimate of drug-likeness (QED) is 0.555. The van der Waals surface area contributed by atoms with Crippen LogP contribution in [-0.4, -0.2) is 34.2 Å². The first-order valence-corrected chi connectivity index (χ1v) is 9.45. The van der Waals surface area contributed by atoms with Crippen LogP contribution in [0.2, 0.25) is 0 Å². The molecule has 2 atom stereocenters. The Morgan fingerprint density at radius 1 is 0.867 bits per heavy atom. The van der Waals surface area contributed by atoms with Gasteiger partial charge in [-0.25, -0.2) is 0 Å². The Labute approximate surface area is 172 Å². The number of nitrogens with one attached hydrogen (secondary N) is 1. The predicted octanol–water partition coefficient (Wildman–Crippen LogP) is 4.46. The van der Waals surface area contributed by atoms with Gasteiger partial charge in [-0.3, -0.25) is 14.9 Å². The van der Waals surface area contributed by atoms with Crippen LogP contribution in [0.1, 0.15) is 31.4 Å². The van der Waals surface area contributed by atoms with Crippen molar-refractivity contribution >= 4 is 11.9 Å². The number of benzene rings is 2. The molecule has 0 aromatic heterocycles. The van der Waals surface area contributed by atoms with E-state index in [2.05, 4.69) is 5.32 Å². The molecule has 0 heterocycles. The number of hydrogen-bond donors (Lipinski definition) is 3. The second-order valence-corrected chi connectivity index (χ2v) is 7.55. The van der Waals surface area contributed by atoms with Gasteiger partial charge in [0.1, 0.15) is 12.1 Å². The molecule has 0 radical (unpaired) electrons. The lowest BCUT2D eigenvalue weighted by atomic mass is 9.98. The Balaban J connectivity index is 2.12. The molecule has 0 spiro atoms. The normalized spacial score (nSPS) is 13.8. The lowest BCUT2D eigenvalue weighted by molar-refractivity contribution is -0.143. The molecule has 2 aromatic rings. The number of carbonyl (C=O) groups is 2. The molecule has 0 saturated carbocycles. The fourth-order valence-electron chi connectivity index (χ4n) is 3.09. The van der Waals surface area contributed by atoms with Gasteiger partial charge in [-0.2, -0.15) is 13.2 Å². The molecule has 0 fully saturated rings. The first-order chi connectivity index (χ1) is 14.0. The lowest BCUT2D eigenvalue weighted by Gasteiger charge is -2.22. The van der Waals surface area contributed by atoms with Crippen molar-refractivity contribution in [1.82, 2.24) is 5.32 Å². The third-order valence-electron chi connectivity index (χ3n) is 4.64. The number of rotatable bonds is 9. The van der Waals surface area contributed by atoms with Gasteiger partial charge in [-0.05, 0) is 47.6 Å². The van der Waals surface area contributed by atoms with Crippen molar-refractivity contribution in [2.75, 3.05) is 0 Å². The van der Waals surface area contributed by atoms with Crippen LogP contribution in [0.25, 0.3) is 11.1 Å². The average Bonchev–Trinajstić information content (AvgIpc) is 2.66. The van der Waals surface area contributed by atoms with E-state index in [0.29, 0.717) is 23.1 Å². The summed E-state index contributed by atoms with van der Waals surface area (Å²) in [6.45, 7) is 3.71. The van der Waals surface area contributed by atoms with E-state index in [0.717, 1.165) is 12.1 Å². The van der Waals surface area contributed by atoms with Crippen molar-refractivity contribution in [2.45, 2.75) is 44.9 Å². The topological polar surface area (TPSA) is 86.6 Å². The summed E-state index contributed by atoms with van der Waals surface area (Å²) >= 11 is 0. The highest BCUT2D eigenvalue weighted by atomic mass is 19.4. The van der Waals surface area contributed by atoms with Crippen LogP contribution < -0.4 is 5.32 Å². The molecule has 5 nitrogen and oxygen atoms in total. The number of alkyl halides is 3. The molecular formula is C22H24F3NO4. The molecule has 162 valence electrons. The van der Waals surface area contributed by atoms with Gasteiger partial charge >= 0.3 is 18.1 Å². The van der Waals surface area contributed by atoms with Gasteiger partial charge in [0.15, 0.2) is 0 Å². The van der Waals surface area contributed by atoms with Crippen LogP contribution in [0.3, 0.4) is 0 Å². The van der Waals surface area contributed by atoms with Crippen molar-refractivity contribution in [3.8, 4) is 11.1 Å². The smallest absolute Gasteiger partial charge is 0.416 e. The van der Waals surface area contributed by atoms with Crippen LogP contribution in [0.15, 0.2) is 48.5 Å². The molecule has 30 heavy (non-hydrogen) atoms. The van der Waals surface area contributed by atoms with Gasteiger partial charge in [-0.15, -0.1) is 0 Å². The largest absolute Gasteiger partial charge is 0.480 e. The summed E-state index contributed by atoms with van der Waals surface area (Å²) in [5.74, 6) is -2.18. The van der Waals surface area contributed by atoms with Gasteiger partial charge in [0.25, 0.3) is 0 Å². The van der Waals surface area contributed by atoms with E-state index in [-0.39, 0.29) is 12.3 Å². The zero-order valence-corrected chi connectivity index (χ0v) is 16.6. The molecule has 0 saturated heterocycles. The Bertz CT molecular complexity index is 861. The summed E-state index contributed by atoms with van der Waals surface area (Å²) in [5, 5.41) is 21.5. The zero-order valence-electron chi connectivity index (χ0n) is 16.6. The van der Waals surface area contributed by atoms with Gasteiger partial charge in [0, 0.05) is 0 Å². The highest BCUT2D eigenvalue weighted by Crippen LogP contribution is 2.31. The average molecular weight is 423 g/mol. The number of carboxylic acid groups (broad SMARTS) is 2. The van der Waals surface area contributed by atoms with E-state index >= 15 is 0 Å². The van der Waals surface area contributed by atoms with Crippen LogP contribution >= 0.6 is 0 Å². The maximum atomic E-state index is 12.7. The lowest BCUT2D eigenvalue weighted by Crippen LogP contribution is -2.48. The summed E-state index contributed by atoms with van der Waals surface area (Å²) in [5.41, 5.74) is 1.23. The minimum absolute atomic E-state index is 0.0739. The molecular weight excluding hydrogens is 399 g/mol. The van der Waals surface area contributed by atoms with E-state index in [1.807, 2.05) is 13.8 Å². The van der Waals surface area contributed by atoms with Crippen molar-refractivity contribution in [1.29, 1.82) is 0 Å². The van der Waals surface area contributed by atoms with E-state index in [1.54, 1.807) is 24.3 Å². The Hall–Kier alpha value is -2.87. The number of halogens is 3. The standard InChI is InChI=1S/C22H24F3NO4/c1-13(2)11-18(20(27)28)26-19(21(29)30)12-14-3-5-15(6-4-14)16-7-9-17(10-8-16)22(23,24)25/h3-10,13,18-19,26H,11-12H2,1-2H3,(H,27,28)(H,29,30)/t18-,19?/m0/s1. The van der Waals surface area contributed by atoms with Crippen molar-refractivity contribution in [3.05, 3.63) is 59.7 Å². The number of carboxylic acids is 2. The minimum atomic E-state index is -4.40. The maximum Gasteiger partial charge on any atom is 0.416 e. The molecule has 0 aliphatic carbocycles. The Kier molecular flexibility index (Phi) is 7.61. The predicted molar refractivity (Wildman–Crippen MR) is 106 cm³/mol. The zero-order chi connectivity index (χ0) is 22.5. The minimum Gasteiger partial charge on any atom is -0.480 e. The molecule has 2 aromatic carbocycles. The molecule has 3 N–H and O–H groups in total. The summed E-state index contributed by atoms with van der Waals surface area (Å²) < 4.78 is 38.0. The highest BCUT2D eigenvalue weighted by Gasteiger charge is 2.30. The number of hydrogen-bond acceptors (Lipinski definition) is 3. The van der Waals surface area contributed by atoms with Crippen LogP contribution in [0.4, 0.5) is 13.2 Å². The number of aliphatic carboxylic acids is 2. The van der Waals surface area contributed by atoms with Crippen molar-refractivity contribution in [2.24, 2.45) is 5.92 Å². The van der Waals surface area contributed by atoms with E-state index in [1.165, 1.54) is 12.1 Å². The summed E-state index contributed by atoms with van der Waals surface area (Å²) in [6, 6.07) is 9.47. The Morgan fingerprint density at radius 3 is 1.73 bits per heavy atom. The van der Waals surface area contributed by atoms with Crippen molar-refractivity contribution in [3.63, 3.8) is 0 Å². The van der Waals surface area contributed by atoms with E-state index in [9.17, 15) is 33.0 Å². The van der Waals surface area contributed by atoms with Gasteiger partial charge < -0.3 is 10.2 Å². The summed E-state index contributed by atoms with van der Waals surface area (Å²) in [6.07, 6.45) is -4.03. The third-order valence-corrected chi connectivity index (χ3v) is 4.64. The van der Waals surface area contributed by atoms with Crippen LogP contribution in [-0.2, 0) is 22.2 Å². The molecule has 0 aliphatic heterocycles. The molecule has 0 amide bonds. The maximum absolute atomic E-state index is 12.7. The third kappa shape index (κ3) is 6.59. The van der Waals surface area contributed by atoms with E-state index in [4.69, 9.17) is 0 Å². The highest BCUT2D eigenvalue weighted by molar-refractivity contribution is 5.77. The molecule has 0 bridgehead atoms. The van der Waals surface area contributed by atoms with Gasteiger partial charge in [0.2, 0.25) is 0 Å². The van der Waals surface area contributed by atoms with Crippen LogP contribution in [0.5, 0.6) is 0 Å².